The fraction of sp³-hybridized carbons (Fsp3) is 0.364. The lowest BCUT2D eigenvalue weighted by Gasteiger charge is -2.09. The van der Waals surface area contributed by atoms with Crippen LogP contribution in [0.15, 0.2) is 22.7 Å². The Morgan fingerprint density at radius 3 is 2.88 bits per heavy atom. The summed E-state index contributed by atoms with van der Waals surface area (Å²) in [5.74, 6) is 0.593. The second-order valence-corrected chi connectivity index (χ2v) is 5.01. The third-order valence-electron chi connectivity index (χ3n) is 2.66. The Labute approximate surface area is 103 Å². The molecular weight excluding hydrogens is 270 g/mol. The van der Waals surface area contributed by atoms with E-state index in [1.165, 1.54) is 0 Å². The number of amides is 2. The number of urea groups is 1. The van der Waals surface area contributed by atoms with Gasteiger partial charge in [-0.1, -0.05) is 6.92 Å². The Kier molecular flexibility index (Phi) is 3.05. The van der Waals surface area contributed by atoms with Crippen LogP contribution in [0.4, 0.5) is 16.2 Å². The van der Waals surface area contributed by atoms with E-state index in [1.807, 2.05) is 6.07 Å². The van der Waals surface area contributed by atoms with Gasteiger partial charge in [0, 0.05) is 16.2 Å². The highest BCUT2D eigenvalue weighted by atomic mass is 79.9. The van der Waals surface area contributed by atoms with Crippen LogP contribution >= 0.6 is 15.9 Å². The van der Waals surface area contributed by atoms with Crippen molar-refractivity contribution in [2.75, 3.05) is 11.1 Å². The van der Waals surface area contributed by atoms with Crippen molar-refractivity contribution in [2.24, 2.45) is 5.92 Å². The molecule has 86 valence electrons. The normalized spacial score (nSPS) is 22.6. The molecule has 0 spiro atoms. The summed E-state index contributed by atoms with van der Waals surface area (Å²) in [6.45, 7) is 2.11. The Balaban J connectivity index is 1.97. The lowest BCUT2D eigenvalue weighted by atomic mass is 10.3. The third-order valence-corrected chi connectivity index (χ3v) is 3.36. The van der Waals surface area contributed by atoms with Gasteiger partial charge >= 0.3 is 6.03 Å². The molecule has 0 aliphatic heterocycles. The van der Waals surface area contributed by atoms with Crippen molar-refractivity contribution in [1.29, 1.82) is 0 Å². The van der Waals surface area contributed by atoms with E-state index in [0.29, 0.717) is 23.3 Å². The van der Waals surface area contributed by atoms with Crippen molar-refractivity contribution in [3.8, 4) is 0 Å². The molecule has 1 saturated carbocycles. The van der Waals surface area contributed by atoms with Gasteiger partial charge in [0.25, 0.3) is 0 Å². The number of nitrogens with two attached hydrogens (primary N) is 1. The first-order valence-corrected chi connectivity index (χ1v) is 5.98. The maximum atomic E-state index is 11.6. The van der Waals surface area contributed by atoms with Crippen LogP contribution in [0, 0.1) is 5.92 Å². The highest BCUT2D eigenvalue weighted by Gasteiger charge is 2.33. The molecule has 0 heterocycles. The van der Waals surface area contributed by atoms with Gasteiger partial charge in [-0.25, -0.2) is 4.79 Å². The topological polar surface area (TPSA) is 67.2 Å². The predicted molar refractivity (Wildman–Crippen MR) is 68.3 cm³/mol. The fourth-order valence-electron chi connectivity index (χ4n) is 1.49. The van der Waals surface area contributed by atoms with Gasteiger partial charge in [0.05, 0.1) is 5.69 Å². The summed E-state index contributed by atoms with van der Waals surface area (Å²) in [6.07, 6.45) is 1.06. The van der Waals surface area contributed by atoms with Crippen LogP contribution in [0.25, 0.3) is 0 Å². The Morgan fingerprint density at radius 2 is 2.25 bits per heavy atom. The van der Waals surface area contributed by atoms with Gasteiger partial charge in [-0.2, -0.15) is 0 Å². The molecule has 2 rings (SSSR count). The summed E-state index contributed by atoms with van der Waals surface area (Å²) in [4.78, 5) is 11.6. The van der Waals surface area contributed by atoms with Crippen molar-refractivity contribution in [1.82, 2.24) is 5.32 Å². The number of halogens is 1. The number of benzene rings is 1. The van der Waals surface area contributed by atoms with E-state index in [4.69, 9.17) is 5.73 Å². The van der Waals surface area contributed by atoms with Gasteiger partial charge in [0.15, 0.2) is 0 Å². The molecule has 1 aromatic rings. The monoisotopic (exact) mass is 283 g/mol. The third kappa shape index (κ3) is 2.66. The number of carbonyl (C=O) groups is 1. The zero-order chi connectivity index (χ0) is 11.7. The van der Waals surface area contributed by atoms with Crippen LogP contribution in [0.3, 0.4) is 0 Å². The fourth-order valence-corrected chi connectivity index (χ4v) is 1.83. The second-order valence-electron chi connectivity index (χ2n) is 4.16. The number of nitrogen functional groups attached to an aromatic ring is 1. The molecule has 1 aromatic carbocycles. The van der Waals surface area contributed by atoms with Crippen molar-refractivity contribution in [2.45, 2.75) is 19.4 Å². The minimum absolute atomic E-state index is 0.180. The minimum Gasteiger partial charge on any atom is -0.399 e. The van der Waals surface area contributed by atoms with Crippen molar-refractivity contribution < 1.29 is 4.79 Å². The van der Waals surface area contributed by atoms with E-state index in [9.17, 15) is 4.79 Å². The number of hydrogen-bond donors (Lipinski definition) is 3. The van der Waals surface area contributed by atoms with Gasteiger partial charge in [0.2, 0.25) is 0 Å². The molecule has 2 atom stereocenters. The van der Waals surface area contributed by atoms with Crippen LogP contribution in [-0.4, -0.2) is 12.1 Å². The van der Waals surface area contributed by atoms with Gasteiger partial charge in [0.1, 0.15) is 0 Å². The molecule has 0 radical (unpaired) electrons. The highest BCUT2D eigenvalue weighted by molar-refractivity contribution is 9.10. The van der Waals surface area contributed by atoms with E-state index < -0.39 is 0 Å². The zero-order valence-electron chi connectivity index (χ0n) is 8.96. The Bertz CT molecular complexity index is 422. The summed E-state index contributed by atoms with van der Waals surface area (Å²) in [5.41, 5.74) is 6.96. The summed E-state index contributed by atoms with van der Waals surface area (Å²) in [6, 6.07) is 5.45. The first-order valence-electron chi connectivity index (χ1n) is 5.19. The van der Waals surface area contributed by atoms with Crippen LogP contribution in [0.1, 0.15) is 13.3 Å². The van der Waals surface area contributed by atoms with Crippen LogP contribution in [-0.2, 0) is 0 Å². The van der Waals surface area contributed by atoms with Gasteiger partial charge < -0.3 is 16.4 Å². The van der Waals surface area contributed by atoms with Crippen molar-refractivity contribution in [3.05, 3.63) is 22.7 Å². The summed E-state index contributed by atoms with van der Waals surface area (Å²) < 4.78 is 0.820. The van der Waals surface area contributed by atoms with Crippen LogP contribution < -0.4 is 16.4 Å². The molecule has 0 aromatic heterocycles. The van der Waals surface area contributed by atoms with Crippen LogP contribution in [0.5, 0.6) is 0 Å². The average Bonchev–Trinajstić information content (AvgIpc) is 2.88. The maximum Gasteiger partial charge on any atom is 0.319 e. The lowest BCUT2D eigenvalue weighted by molar-refractivity contribution is 0.251. The molecule has 4 nitrogen and oxygen atoms in total. The second kappa shape index (κ2) is 4.33. The Hall–Kier alpha value is -1.23. The molecule has 1 aliphatic rings. The molecule has 0 bridgehead atoms. The first kappa shape index (κ1) is 11.3. The molecule has 0 saturated heterocycles. The number of rotatable bonds is 2. The number of anilines is 2. The van der Waals surface area contributed by atoms with E-state index in [-0.39, 0.29) is 6.03 Å². The van der Waals surface area contributed by atoms with Crippen LogP contribution in [0.2, 0.25) is 0 Å². The largest absolute Gasteiger partial charge is 0.399 e. The summed E-state index contributed by atoms with van der Waals surface area (Å²) >= 11 is 3.35. The standard InChI is InChI=1S/C11H14BrN3O/c1-6-4-9(6)14-11(16)15-10-5-7(13)2-3-8(10)12/h2-3,5-6,9H,4,13H2,1H3,(H2,14,15,16). The van der Waals surface area contributed by atoms with Crippen molar-refractivity contribution in [3.63, 3.8) is 0 Å². The molecule has 2 amide bonds. The van der Waals surface area contributed by atoms with Gasteiger partial charge in [-0.15, -0.1) is 0 Å². The van der Waals surface area contributed by atoms with E-state index >= 15 is 0 Å². The van der Waals surface area contributed by atoms with E-state index in [2.05, 4.69) is 33.5 Å². The summed E-state index contributed by atoms with van der Waals surface area (Å²) in [5, 5.41) is 5.65. The lowest BCUT2D eigenvalue weighted by Crippen LogP contribution is -2.31. The zero-order valence-corrected chi connectivity index (χ0v) is 10.5. The molecule has 2 unspecified atom stereocenters. The molecule has 1 aliphatic carbocycles. The number of hydrogen-bond acceptors (Lipinski definition) is 2. The van der Waals surface area contributed by atoms with Crippen molar-refractivity contribution >= 4 is 33.3 Å². The first-order chi connectivity index (χ1) is 7.56. The van der Waals surface area contributed by atoms with Gasteiger partial charge in [-0.3, -0.25) is 0 Å². The molecule has 16 heavy (non-hydrogen) atoms. The molecule has 4 N–H and O–H groups in total. The molecular formula is C11H14BrN3O. The van der Waals surface area contributed by atoms with E-state index in [0.717, 1.165) is 10.9 Å². The summed E-state index contributed by atoms with van der Waals surface area (Å²) in [7, 11) is 0. The molecule has 1 fully saturated rings. The average molecular weight is 284 g/mol. The predicted octanol–water partition coefficient (Wildman–Crippen LogP) is 2.56. The minimum atomic E-state index is -0.180. The van der Waals surface area contributed by atoms with Gasteiger partial charge in [-0.05, 0) is 46.5 Å². The molecule has 5 heteroatoms. The Morgan fingerprint density at radius 1 is 1.56 bits per heavy atom. The number of nitrogens with one attached hydrogen (secondary N) is 2. The SMILES string of the molecule is CC1CC1NC(=O)Nc1cc(N)ccc1Br. The smallest absolute Gasteiger partial charge is 0.319 e. The maximum absolute atomic E-state index is 11.6. The number of carbonyl (C=O) groups excluding carboxylic acids is 1. The van der Waals surface area contributed by atoms with E-state index in [1.54, 1.807) is 12.1 Å². The quantitative estimate of drug-likeness (QED) is 0.731. The highest BCUT2D eigenvalue weighted by Crippen LogP contribution is 2.29.